The maximum atomic E-state index is 3.51. The lowest BCUT2D eigenvalue weighted by atomic mass is 9.92. The van der Waals surface area contributed by atoms with Crippen molar-refractivity contribution in [3.05, 3.63) is 0 Å². The Morgan fingerprint density at radius 1 is 0.778 bits per heavy atom. The van der Waals surface area contributed by atoms with Crippen LogP contribution in [0.5, 0.6) is 0 Å². The van der Waals surface area contributed by atoms with Gasteiger partial charge in [0, 0.05) is 6.04 Å². The minimum atomic E-state index is 0.755. The van der Waals surface area contributed by atoms with Gasteiger partial charge in [-0.1, -0.05) is 78.6 Å². The number of unbranched alkanes of at least 4 members (excludes halogenated alkanes) is 6. The molecule has 0 spiro atoms. The van der Waals surface area contributed by atoms with Crippen molar-refractivity contribution in [3.63, 3.8) is 0 Å². The topological polar surface area (TPSA) is 12.0 Å². The van der Waals surface area contributed by atoms with Gasteiger partial charge in [0.1, 0.15) is 0 Å². The van der Waals surface area contributed by atoms with Crippen molar-refractivity contribution >= 4 is 0 Å². The summed E-state index contributed by atoms with van der Waals surface area (Å²) in [6, 6.07) is 0.755. The van der Waals surface area contributed by atoms with Crippen LogP contribution in [0.15, 0.2) is 0 Å². The van der Waals surface area contributed by atoms with E-state index < -0.39 is 0 Å². The molecule has 0 saturated heterocycles. The van der Waals surface area contributed by atoms with Crippen LogP contribution in [0, 0.1) is 5.92 Å². The molecule has 1 heteroatoms. The molecule has 0 aromatic rings. The molecule has 0 radical (unpaired) electrons. The van der Waals surface area contributed by atoms with Gasteiger partial charge in [-0.05, 0) is 25.8 Å². The molecular formula is C17H37N. The van der Waals surface area contributed by atoms with Gasteiger partial charge in [0.25, 0.3) is 0 Å². The van der Waals surface area contributed by atoms with E-state index in [1.165, 1.54) is 70.6 Å². The Labute approximate surface area is 116 Å². The number of rotatable bonds is 13. The lowest BCUT2D eigenvalue weighted by molar-refractivity contribution is 0.357. The van der Waals surface area contributed by atoms with Gasteiger partial charge in [-0.3, -0.25) is 0 Å². The Morgan fingerprint density at radius 2 is 1.33 bits per heavy atom. The predicted octanol–water partition coefficient (Wildman–Crippen LogP) is 5.54. The second-order valence-electron chi connectivity index (χ2n) is 5.81. The highest BCUT2D eigenvalue weighted by atomic mass is 14.9. The lowest BCUT2D eigenvalue weighted by Gasteiger charge is -2.21. The summed E-state index contributed by atoms with van der Waals surface area (Å²) < 4.78 is 0. The quantitative estimate of drug-likeness (QED) is 0.426. The normalized spacial score (nSPS) is 13.2. The predicted molar refractivity (Wildman–Crippen MR) is 84.1 cm³/mol. The molecule has 0 aliphatic heterocycles. The summed E-state index contributed by atoms with van der Waals surface area (Å²) in [5, 5.41) is 3.51. The van der Waals surface area contributed by atoms with Crippen LogP contribution in [0.25, 0.3) is 0 Å². The van der Waals surface area contributed by atoms with Crippen molar-refractivity contribution in [2.45, 2.75) is 97.4 Å². The van der Waals surface area contributed by atoms with Crippen molar-refractivity contribution < 1.29 is 0 Å². The summed E-state index contributed by atoms with van der Waals surface area (Å²) in [6.07, 6.45) is 15.4. The SMILES string of the molecule is CCCCCCCCCC(CC(CC)CC)NC. The van der Waals surface area contributed by atoms with E-state index in [-0.39, 0.29) is 0 Å². The van der Waals surface area contributed by atoms with E-state index in [1.54, 1.807) is 0 Å². The van der Waals surface area contributed by atoms with Crippen molar-refractivity contribution in [1.82, 2.24) is 5.32 Å². The molecule has 1 N–H and O–H groups in total. The minimum Gasteiger partial charge on any atom is -0.317 e. The highest BCUT2D eigenvalue weighted by Crippen LogP contribution is 2.18. The van der Waals surface area contributed by atoms with Crippen LogP contribution in [-0.2, 0) is 0 Å². The molecule has 0 saturated carbocycles. The summed E-state index contributed by atoms with van der Waals surface area (Å²) in [7, 11) is 2.13. The number of hydrogen-bond acceptors (Lipinski definition) is 1. The molecule has 0 rings (SSSR count). The highest BCUT2D eigenvalue weighted by molar-refractivity contribution is 4.69. The minimum absolute atomic E-state index is 0.755. The van der Waals surface area contributed by atoms with Gasteiger partial charge in [0.15, 0.2) is 0 Å². The van der Waals surface area contributed by atoms with E-state index in [9.17, 15) is 0 Å². The largest absolute Gasteiger partial charge is 0.317 e. The van der Waals surface area contributed by atoms with Crippen molar-refractivity contribution in [2.24, 2.45) is 5.92 Å². The van der Waals surface area contributed by atoms with Gasteiger partial charge in [-0.25, -0.2) is 0 Å². The molecular weight excluding hydrogens is 218 g/mol. The summed E-state index contributed by atoms with van der Waals surface area (Å²) in [5.41, 5.74) is 0. The fourth-order valence-corrected chi connectivity index (χ4v) is 2.75. The first kappa shape index (κ1) is 18.0. The van der Waals surface area contributed by atoms with Crippen LogP contribution in [0.2, 0.25) is 0 Å². The van der Waals surface area contributed by atoms with E-state index in [0.717, 1.165) is 12.0 Å². The smallest absolute Gasteiger partial charge is 0.00666 e. The Morgan fingerprint density at radius 3 is 1.83 bits per heavy atom. The van der Waals surface area contributed by atoms with Gasteiger partial charge in [-0.15, -0.1) is 0 Å². The summed E-state index contributed by atoms with van der Waals surface area (Å²) in [5.74, 6) is 0.923. The van der Waals surface area contributed by atoms with Gasteiger partial charge in [0.2, 0.25) is 0 Å². The average Bonchev–Trinajstić information content (AvgIpc) is 2.41. The maximum Gasteiger partial charge on any atom is 0.00666 e. The van der Waals surface area contributed by atoms with E-state index in [4.69, 9.17) is 0 Å². The van der Waals surface area contributed by atoms with Gasteiger partial charge in [-0.2, -0.15) is 0 Å². The second-order valence-corrected chi connectivity index (χ2v) is 5.81. The van der Waals surface area contributed by atoms with Crippen molar-refractivity contribution in [3.8, 4) is 0 Å². The van der Waals surface area contributed by atoms with E-state index in [1.807, 2.05) is 0 Å². The molecule has 0 heterocycles. The lowest BCUT2D eigenvalue weighted by Crippen LogP contribution is -2.27. The molecule has 0 aromatic carbocycles. The third kappa shape index (κ3) is 9.94. The van der Waals surface area contributed by atoms with Crippen molar-refractivity contribution in [1.29, 1.82) is 0 Å². The molecule has 1 unspecified atom stereocenters. The third-order valence-corrected chi connectivity index (χ3v) is 4.34. The zero-order valence-electron chi connectivity index (χ0n) is 13.4. The van der Waals surface area contributed by atoms with E-state index >= 15 is 0 Å². The monoisotopic (exact) mass is 255 g/mol. The van der Waals surface area contributed by atoms with Gasteiger partial charge >= 0.3 is 0 Å². The number of nitrogens with one attached hydrogen (secondary N) is 1. The molecule has 0 fully saturated rings. The summed E-state index contributed by atoms with van der Waals surface area (Å²) in [6.45, 7) is 6.94. The third-order valence-electron chi connectivity index (χ3n) is 4.34. The molecule has 1 nitrogen and oxygen atoms in total. The first-order chi connectivity index (χ1) is 8.78. The van der Waals surface area contributed by atoms with E-state index in [0.29, 0.717) is 0 Å². The highest BCUT2D eigenvalue weighted by Gasteiger charge is 2.11. The Bertz CT molecular complexity index is 152. The van der Waals surface area contributed by atoms with Gasteiger partial charge < -0.3 is 5.32 Å². The van der Waals surface area contributed by atoms with Crippen LogP contribution in [0.1, 0.15) is 91.4 Å². The first-order valence-corrected chi connectivity index (χ1v) is 8.45. The standard InChI is InChI=1S/C17H37N/c1-5-8-9-10-11-12-13-14-17(18-4)15-16(6-2)7-3/h16-18H,5-15H2,1-4H3. The molecule has 110 valence electrons. The molecule has 1 atom stereocenters. The average molecular weight is 255 g/mol. The molecule has 0 aromatic heterocycles. The molecule has 0 amide bonds. The second kappa shape index (κ2) is 13.4. The van der Waals surface area contributed by atoms with Crippen LogP contribution in [0.4, 0.5) is 0 Å². The Hall–Kier alpha value is -0.0400. The maximum absolute atomic E-state index is 3.51. The fraction of sp³-hybridized carbons (Fsp3) is 1.00. The molecule has 0 bridgehead atoms. The summed E-state index contributed by atoms with van der Waals surface area (Å²) in [4.78, 5) is 0. The van der Waals surface area contributed by atoms with Crippen LogP contribution in [-0.4, -0.2) is 13.1 Å². The summed E-state index contributed by atoms with van der Waals surface area (Å²) >= 11 is 0. The van der Waals surface area contributed by atoms with Crippen molar-refractivity contribution in [2.75, 3.05) is 7.05 Å². The first-order valence-electron chi connectivity index (χ1n) is 8.45. The van der Waals surface area contributed by atoms with Crippen LogP contribution >= 0.6 is 0 Å². The molecule has 0 aliphatic rings. The molecule has 0 aliphatic carbocycles. The van der Waals surface area contributed by atoms with Crippen LogP contribution < -0.4 is 5.32 Å². The zero-order chi connectivity index (χ0) is 13.6. The van der Waals surface area contributed by atoms with Crippen LogP contribution in [0.3, 0.4) is 0 Å². The molecule has 18 heavy (non-hydrogen) atoms. The Kier molecular flexibility index (Phi) is 13.4. The zero-order valence-corrected chi connectivity index (χ0v) is 13.4. The number of hydrogen-bond donors (Lipinski definition) is 1. The fourth-order valence-electron chi connectivity index (χ4n) is 2.75. The Balaban J connectivity index is 3.49. The van der Waals surface area contributed by atoms with Gasteiger partial charge in [0.05, 0.1) is 0 Å². The van der Waals surface area contributed by atoms with E-state index in [2.05, 4.69) is 33.1 Å².